The Morgan fingerprint density at radius 2 is 2.00 bits per heavy atom. The summed E-state index contributed by atoms with van der Waals surface area (Å²) >= 11 is 0. The van der Waals surface area contributed by atoms with Crippen LogP contribution in [0.2, 0.25) is 0 Å². The second-order valence-corrected chi connectivity index (χ2v) is 5.56. The molecule has 1 fully saturated rings. The number of esters is 1. The predicted molar refractivity (Wildman–Crippen MR) is 64.3 cm³/mol. The van der Waals surface area contributed by atoms with E-state index in [1.54, 1.807) is 27.7 Å². The van der Waals surface area contributed by atoms with Gasteiger partial charge in [0, 0.05) is 13.0 Å². The molecular weight excluding hydrogens is 236 g/mol. The molecule has 18 heavy (non-hydrogen) atoms. The maximum Gasteiger partial charge on any atom is 0.329 e. The number of hydrogen-bond acceptors (Lipinski definition) is 4. The molecule has 0 bridgehead atoms. The van der Waals surface area contributed by atoms with Crippen LogP contribution in [0.15, 0.2) is 0 Å². The number of nitrogens with zero attached hydrogens (tertiary/aromatic N) is 1. The van der Waals surface area contributed by atoms with E-state index in [1.165, 1.54) is 4.90 Å². The van der Waals surface area contributed by atoms with Gasteiger partial charge in [0.15, 0.2) is 0 Å². The number of rotatable bonds is 3. The summed E-state index contributed by atoms with van der Waals surface area (Å²) in [6.45, 7) is 7.06. The molecule has 6 heteroatoms. The normalized spacial score (nSPS) is 21.9. The van der Waals surface area contributed by atoms with Crippen LogP contribution in [-0.2, 0) is 19.1 Å². The van der Waals surface area contributed by atoms with E-state index in [2.05, 4.69) is 0 Å². The van der Waals surface area contributed by atoms with Gasteiger partial charge in [-0.3, -0.25) is 9.59 Å². The van der Waals surface area contributed by atoms with Gasteiger partial charge >= 0.3 is 5.97 Å². The van der Waals surface area contributed by atoms with Crippen molar-refractivity contribution in [3.8, 4) is 0 Å². The molecule has 1 heterocycles. The second kappa shape index (κ2) is 4.96. The van der Waals surface area contributed by atoms with Gasteiger partial charge < -0.3 is 15.4 Å². The van der Waals surface area contributed by atoms with Crippen LogP contribution in [0.3, 0.4) is 0 Å². The predicted octanol–water partition coefficient (Wildman–Crippen LogP) is 0.0504. The van der Waals surface area contributed by atoms with Gasteiger partial charge in [-0.25, -0.2) is 4.79 Å². The van der Waals surface area contributed by atoms with Crippen molar-refractivity contribution < 1.29 is 19.1 Å². The zero-order valence-electron chi connectivity index (χ0n) is 11.2. The van der Waals surface area contributed by atoms with E-state index in [1.807, 2.05) is 0 Å². The first-order valence-electron chi connectivity index (χ1n) is 5.93. The van der Waals surface area contributed by atoms with E-state index >= 15 is 0 Å². The molecule has 0 radical (unpaired) electrons. The van der Waals surface area contributed by atoms with E-state index in [0.29, 0.717) is 0 Å². The van der Waals surface area contributed by atoms with E-state index in [9.17, 15) is 14.4 Å². The van der Waals surface area contributed by atoms with Crippen molar-refractivity contribution in [1.29, 1.82) is 0 Å². The van der Waals surface area contributed by atoms with Crippen molar-refractivity contribution >= 4 is 17.8 Å². The molecule has 1 rings (SSSR count). The Balaban J connectivity index is 2.68. The largest absolute Gasteiger partial charge is 0.458 e. The number of hydrogen-bond donors (Lipinski definition) is 1. The van der Waals surface area contributed by atoms with Gasteiger partial charge in [0.25, 0.3) is 0 Å². The third kappa shape index (κ3) is 3.45. The van der Waals surface area contributed by atoms with E-state index in [0.717, 1.165) is 0 Å². The molecule has 2 atom stereocenters. The molecule has 0 saturated carbocycles. The lowest BCUT2D eigenvalue weighted by Crippen LogP contribution is -2.43. The van der Waals surface area contributed by atoms with Crippen LogP contribution in [0, 0.1) is 5.92 Å². The third-order valence-corrected chi connectivity index (χ3v) is 2.78. The van der Waals surface area contributed by atoms with E-state index in [4.69, 9.17) is 10.5 Å². The zero-order valence-corrected chi connectivity index (χ0v) is 11.2. The average molecular weight is 256 g/mol. The Morgan fingerprint density at radius 3 is 2.39 bits per heavy atom. The molecule has 2 unspecified atom stereocenters. The van der Waals surface area contributed by atoms with Crippen molar-refractivity contribution in [2.45, 2.75) is 45.8 Å². The van der Waals surface area contributed by atoms with Gasteiger partial charge in [-0.1, -0.05) is 0 Å². The fourth-order valence-corrected chi connectivity index (χ4v) is 1.81. The Labute approximate surface area is 106 Å². The molecule has 0 spiro atoms. The molecule has 102 valence electrons. The highest BCUT2D eigenvalue weighted by molar-refractivity contribution is 5.91. The molecule has 6 nitrogen and oxygen atoms in total. The molecule has 1 aliphatic heterocycles. The van der Waals surface area contributed by atoms with Gasteiger partial charge in [0.05, 0.1) is 5.92 Å². The van der Waals surface area contributed by atoms with Crippen LogP contribution in [0.4, 0.5) is 0 Å². The minimum atomic E-state index is -0.693. The van der Waals surface area contributed by atoms with Crippen molar-refractivity contribution in [3.63, 3.8) is 0 Å². The summed E-state index contributed by atoms with van der Waals surface area (Å²) < 4.78 is 5.21. The zero-order chi connectivity index (χ0) is 14.1. The maximum atomic E-state index is 11.8. The Bertz CT molecular complexity index is 373. The summed E-state index contributed by atoms with van der Waals surface area (Å²) in [5, 5.41) is 0. The quantitative estimate of drug-likeness (QED) is 0.722. The molecule has 0 aromatic heterocycles. The molecule has 0 aromatic carbocycles. The van der Waals surface area contributed by atoms with Crippen LogP contribution in [0.1, 0.15) is 34.1 Å². The van der Waals surface area contributed by atoms with Gasteiger partial charge in [0.2, 0.25) is 11.8 Å². The summed E-state index contributed by atoms with van der Waals surface area (Å²) in [4.78, 5) is 35.9. The Hall–Kier alpha value is -1.59. The fourth-order valence-electron chi connectivity index (χ4n) is 1.81. The lowest BCUT2D eigenvalue weighted by atomic mass is 10.1. The maximum absolute atomic E-state index is 11.8. The van der Waals surface area contributed by atoms with E-state index in [-0.39, 0.29) is 18.9 Å². The van der Waals surface area contributed by atoms with Crippen molar-refractivity contribution in [2.24, 2.45) is 11.7 Å². The second-order valence-electron chi connectivity index (χ2n) is 5.56. The number of amides is 2. The lowest BCUT2D eigenvalue weighted by molar-refractivity contribution is -0.163. The topological polar surface area (TPSA) is 89.7 Å². The van der Waals surface area contributed by atoms with E-state index < -0.39 is 29.4 Å². The minimum Gasteiger partial charge on any atom is -0.458 e. The van der Waals surface area contributed by atoms with Crippen LogP contribution < -0.4 is 5.73 Å². The molecule has 0 aliphatic carbocycles. The number of nitrogens with two attached hydrogens (primary N) is 1. The average Bonchev–Trinajstić information content (AvgIpc) is 2.56. The smallest absolute Gasteiger partial charge is 0.329 e. The highest BCUT2D eigenvalue weighted by Crippen LogP contribution is 2.21. The van der Waals surface area contributed by atoms with Gasteiger partial charge in [0.1, 0.15) is 11.6 Å². The number of ether oxygens (including phenoxy) is 1. The number of likely N-dealkylation sites (tertiary alicyclic amines) is 1. The van der Waals surface area contributed by atoms with Crippen LogP contribution >= 0.6 is 0 Å². The number of carbonyl (C=O) groups excluding carboxylic acids is 3. The van der Waals surface area contributed by atoms with Gasteiger partial charge in [-0.2, -0.15) is 0 Å². The lowest BCUT2D eigenvalue weighted by Gasteiger charge is -2.27. The SMILES string of the molecule is CC(C(=O)OC(C)(C)C)N1CC(C(N)=O)CC1=O. The number of primary amides is 1. The Morgan fingerprint density at radius 1 is 1.44 bits per heavy atom. The first-order chi connectivity index (χ1) is 8.11. The Kier molecular flexibility index (Phi) is 3.98. The summed E-state index contributed by atoms with van der Waals surface area (Å²) in [7, 11) is 0. The molecular formula is C12H20N2O4. The fraction of sp³-hybridized carbons (Fsp3) is 0.750. The van der Waals surface area contributed by atoms with Crippen molar-refractivity contribution in [2.75, 3.05) is 6.54 Å². The minimum absolute atomic E-state index is 0.0719. The van der Waals surface area contributed by atoms with Crippen LogP contribution in [0.25, 0.3) is 0 Å². The summed E-state index contributed by atoms with van der Waals surface area (Å²) in [6, 6.07) is -0.693. The van der Waals surface area contributed by atoms with Crippen molar-refractivity contribution in [1.82, 2.24) is 4.90 Å². The molecule has 1 saturated heterocycles. The van der Waals surface area contributed by atoms with Gasteiger partial charge in [-0.05, 0) is 27.7 Å². The third-order valence-electron chi connectivity index (χ3n) is 2.78. The highest BCUT2D eigenvalue weighted by atomic mass is 16.6. The molecule has 1 aliphatic rings. The molecule has 2 N–H and O–H groups in total. The summed E-state index contributed by atoms with van der Waals surface area (Å²) in [5.74, 6) is -1.73. The molecule has 0 aromatic rings. The van der Waals surface area contributed by atoms with Crippen molar-refractivity contribution in [3.05, 3.63) is 0 Å². The number of carbonyl (C=O) groups is 3. The molecule has 2 amide bonds. The monoisotopic (exact) mass is 256 g/mol. The van der Waals surface area contributed by atoms with Gasteiger partial charge in [-0.15, -0.1) is 0 Å². The highest BCUT2D eigenvalue weighted by Gasteiger charge is 2.39. The standard InChI is InChI=1S/C12H20N2O4/c1-7(11(17)18-12(2,3)4)14-6-8(10(13)16)5-9(14)15/h7-8H,5-6H2,1-4H3,(H2,13,16). The first-order valence-corrected chi connectivity index (χ1v) is 5.93. The van der Waals surface area contributed by atoms with Crippen LogP contribution in [-0.4, -0.2) is 40.9 Å². The summed E-state index contributed by atoms with van der Waals surface area (Å²) in [5.41, 5.74) is 4.57. The first kappa shape index (κ1) is 14.5. The van der Waals surface area contributed by atoms with Crippen LogP contribution in [0.5, 0.6) is 0 Å². The summed E-state index contributed by atoms with van der Waals surface area (Å²) in [6.07, 6.45) is 0.0719.